The fraction of sp³-hybridized carbons (Fsp3) is 0.500. The standard InChI is InChI=1S/C14H21N3O3S.ClH/c1-16-13-3-2-8-17(9-13)14(18)12-6-4-11(5-7-12)10-21(15,19)20;/h4-7,13,16H,2-3,8-10H2,1H3,(H2,15,19,20);1H. The molecule has 0 saturated carbocycles. The molecule has 1 aliphatic heterocycles. The van der Waals surface area contributed by atoms with Gasteiger partial charge in [0.25, 0.3) is 5.91 Å². The van der Waals surface area contributed by atoms with Gasteiger partial charge in [-0.2, -0.15) is 0 Å². The van der Waals surface area contributed by atoms with E-state index in [1.807, 2.05) is 11.9 Å². The molecule has 22 heavy (non-hydrogen) atoms. The molecule has 3 N–H and O–H groups in total. The Morgan fingerprint density at radius 1 is 1.36 bits per heavy atom. The van der Waals surface area contributed by atoms with Crippen molar-refractivity contribution in [2.75, 3.05) is 20.1 Å². The summed E-state index contributed by atoms with van der Waals surface area (Å²) in [7, 11) is -1.64. The fourth-order valence-electron chi connectivity index (χ4n) is 2.56. The summed E-state index contributed by atoms with van der Waals surface area (Å²) >= 11 is 0. The van der Waals surface area contributed by atoms with E-state index >= 15 is 0 Å². The van der Waals surface area contributed by atoms with Gasteiger partial charge < -0.3 is 10.2 Å². The highest BCUT2D eigenvalue weighted by Crippen LogP contribution is 2.15. The zero-order valence-electron chi connectivity index (χ0n) is 12.5. The molecule has 1 heterocycles. The summed E-state index contributed by atoms with van der Waals surface area (Å²) < 4.78 is 22.1. The van der Waals surface area contributed by atoms with Crippen molar-refractivity contribution >= 4 is 28.3 Å². The Kier molecular flexibility index (Phi) is 6.80. The molecule has 1 fully saturated rings. The molecule has 0 spiro atoms. The van der Waals surface area contributed by atoms with Crippen molar-refractivity contribution in [1.82, 2.24) is 10.2 Å². The van der Waals surface area contributed by atoms with Crippen LogP contribution >= 0.6 is 12.4 Å². The first-order valence-electron chi connectivity index (χ1n) is 6.95. The second-order valence-electron chi connectivity index (χ2n) is 5.38. The summed E-state index contributed by atoms with van der Waals surface area (Å²) in [5.41, 5.74) is 1.16. The van der Waals surface area contributed by atoms with Crippen molar-refractivity contribution in [3.63, 3.8) is 0 Å². The number of nitrogens with two attached hydrogens (primary N) is 1. The van der Waals surface area contributed by atoms with Gasteiger partial charge in [-0.3, -0.25) is 4.79 Å². The molecule has 0 bridgehead atoms. The van der Waals surface area contributed by atoms with Gasteiger partial charge in [0.05, 0.1) is 5.75 Å². The first kappa shape index (κ1) is 18.9. The minimum absolute atomic E-state index is 0. The van der Waals surface area contributed by atoms with Crippen LogP contribution in [0.4, 0.5) is 0 Å². The van der Waals surface area contributed by atoms with Crippen LogP contribution in [0, 0.1) is 0 Å². The van der Waals surface area contributed by atoms with E-state index in [0.717, 1.165) is 19.4 Å². The third kappa shape index (κ3) is 5.24. The predicted octanol–water partition coefficient (Wildman–Crippen LogP) is 0.721. The Morgan fingerprint density at radius 2 is 2.00 bits per heavy atom. The van der Waals surface area contributed by atoms with E-state index in [2.05, 4.69) is 5.32 Å². The molecule has 1 aromatic carbocycles. The number of hydrogen-bond donors (Lipinski definition) is 2. The smallest absolute Gasteiger partial charge is 0.253 e. The second-order valence-corrected chi connectivity index (χ2v) is 7.00. The Bertz CT molecular complexity index is 604. The molecule has 0 radical (unpaired) electrons. The van der Waals surface area contributed by atoms with Gasteiger partial charge >= 0.3 is 0 Å². The molecule has 124 valence electrons. The van der Waals surface area contributed by atoms with Crippen LogP contribution in [0.3, 0.4) is 0 Å². The molecule has 0 aliphatic carbocycles. The SMILES string of the molecule is CNC1CCCN(C(=O)c2ccc(CS(N)(=O)=O)cc2)C1.Cl. The number of amides is 1. The molecule has 1 amide bonds. The first-order valence-corrected chi connectivity index (χ1v) is 8.66. The molecular formula is C14H22ClN3O3S. The van der Waals surface area contributed by atoms with Gasteiger partial charge in [-0.05, 0) is 37.6 Å². The van der Waals surface area contributed by atoms with Gasteiger partial charge in [0.1, 0.15) is 0 Å². The third-order valence-corrected chi connectivity index (χ3v) is 4.42. The van der Waals surface area contributed by atoms with E-state index < -0.39 is 10.0 Å². The number of hydrogen-bond acceptors (Lipinski definition) is 4. The van der Waals surface area contributed by atoms with Crippen LogP contribution in [0.15, 0.2) is 24.3 Å². The van der Waals surface area contributed by atoms with Crippen molar-refractivity contribution in [1.29, 1.82) is 0 Å². The summed E-state index contributed by atoms with van der Waals surface area (Å²) in [4.78, 5) is 14.2. The predicted molar refractivity (Wildman–Crippen MR) is 88.5 cm³/mol. The highest BCUT2D eigenvalue weighted by molar-refractivity contribution is 7.88. The summed E-state index contributed by atoms with van der Waals surface area (Å²) in [6.45, 7) is 1.46. The lowest BCUT2D eigenvalue weighted by Crippen LogP contribution is -2.46. The van der Waals surface area contributed by atoms with E-state index in [9.17, 15) is 13.2 Å². The van der Waals surface area contributed by atoms with Gasteiger partial charge in [-0.15, -0.1) is 12.4 Å². The van der Waals surface area contributed by atoms with Gasteiger partial charge in [0, 0.05) is 24.7 Å². The second kappa shape index (κ2) is 7.92. The molecule has 1 unspecified atom stereocenters. The minimum Gasteiger partial charge on any atom is -0.337 e. The van der Waals surface area contributed by atoms with Crippen LogP contribution in [0.25, 0.3) is 0 Å². The average molecular weight is 348 g/mol. The monoisotopic (exact) mass is 347 g/mol. The number of carbonyl (C=O) groups is 1. The van der Waals surface area contributed by atoms with Crippen molar-refractivity contribution in [2.24, 2.45) is 5.14 Å². The normalized spacial score (nSPS) is 18.6. The maximum absolute atomic E-state index is 12.4. The zero-order chi connectivity index (χ0) is 15.5. The number of carbonyl (C=O) groups excluding carboxylic acids is 1. The van der Waals surface area contributed by atoms with Gasteiger partial charge in [0.2, 0.25) is 10.0 Å². The van der Waals surface area contributed by atoms with E-state index in [-0.39, 0.29) is 24.1 Å². The number of sulfonamides is 1. The maximum atomic E-state index is 12.4. The number of nitrogens with zero attached hydrogens (tertiary/aromatic N) is 1. The van der Waals surface area contributed by atoms with Crippen molar-refractivity contribution < 1.29 is 13.2 Å². The van der Waals surface area contributed by atoms with Gasteiger partial charge in [-0.25, -0.2) is 13.6 Å². The number of likely N-dealkylation sites (N-methyl/N-ethyl adjacent to an activating group) is 1. The van der Waals surface area contributed by atoms with Crippen molar-refractivity contribution in [2.45, 2.75) is 24.6 Å². The minimum atomic E-state index is -3.55. The molecule has 8 heteroatoms. The Hall–Kier alpha value is -1.15. The summed E-state index contributed by atoms with van der Waals surface area (Å²) in [6.07, 6.45) is 2.06. The summed E-state index contributed by atoms with van der Waals surface area (Å²) in [5.74, 6) is -0.232. The van der Waals surface area contributed by atoms with Crippen molar-refractivity contribution in [3.05, 3.63) is 35.4 Å². The molecule has 0 aromatic heterocycles. The number of primary sulfonamides is 1. The molecule has 1 saturated heterocycles. The number of piperidine rings is 1. The van der Waals surface area contributed by atoms with Crippen molar-refractivity contribution in [3.8, 4) is 0 Å². The van der Waals surface area contributed by atoms with E-state index in [0.29, 0.717) is 23.7 Å². The molecule has 1 aliphatic rings. The topological polar surface area (TPSA) is 92.5 Å². The Balaban J connectivity index is 0.00000242. The maximum Gasteiger partial charge on any atom is 0.253 e. The number of rotatable bonds is 4. The lowest BCUT2D eigenvalue weighted by molar-refractivity contribution is 0.0698. The van der Waals surface area contributed by atoms with Crippen LogP contribution in [0.5, 0.6) is 0 Å². The largest absolute Gasteiger partial charge is 0.337 e. The van der Waals surface area contributed by atoms with Crippen LogP contribution in [-0.4, -0.2) is 45.4 Å². The van der Waals surface area contributed by atoms with E-state index in [1.54, 1.807) is 24.3 Å². The molecular weight excluding hydrogens is 326 g/mol. The highest BCUT2D eigenvalue weighted by atomic mass is 35.5. The van der Waals surface area contributed by atoms with Gasteiger partial charge in [0.15, 0.2) is 0 Å². The number of benzene rings is 1. The molecule has 2 rings (SSSR count). The average Bonchev–Trinajstić information content (AvgIpc) is 2.46. The van der Waals surface area contributed by atoms with Crippen LogP contribution < -0.4 is 10.5 Å². The fourth-order valence-corrected chi connectivity index (χ4v) is 3.21. The molecule has 1 atom stereocenters. The lowest BCUT2D eigenvalue weighted by Gasteiger charge is -2.32. The Labute approximate surface area is 137 Å². The molecule has 6 nitrogen and oxygen atoms in total. The van der Waals surface area contributed by atoms with E-state index in [1.165, 1.54) is 0 Å². The Morgan fingerprint density at radius 3 is 2.55 bits per heavy atom. The summed E-state index contributed by atoms with van der Waals surface area (Å²) in [5, 5.41) is 8.20. The quantitative estimate of drug-likeness (QED) is 0.839. The van der Waals surface area contributed by atoms with Crippen LogP contribution in [-0.2, 0) is 15.8 Å². The first-order chi connectivity index (χ1) is 9.89. The third-order valence-electron chi connectivity index (χ3n) is 3.69. The number of nitrogens with one attached hydrogen (secondary N) is 1. The zero-order valence-corrected chi connectivity index (χ0v) is 14.1. The lowest BCUT2D eigenvalue weighted by atomic mass is 10.0. The van der Waals surface area contributed by atoms with Crippen LogP contribution in [0.1, 0.15) is 28.8 Å². The molecule has 1 aromatic rings. The van der Waals surface area contributed by atoms with Crippen LogP contribution in [0.2, 0.25) is 0 Å². The highest BCUT2D eigenvalue weighted by Gasteiger charge is 2.23. The summed E-state index contributed by atoms with van der Waals surface area (Å²) in [6, 6.07) is 6.93. The van der Waals surface area contributed by atoms with Gasteiger partial charge in [-0.1, -0.05) is 12.1 Å². The number of likely N-dealkylation sites (tertiary alicyclic amines) is 1. The number of halogens is 1. The van der Waals surface area contributed by atoms with E-state index in [4.69, 9.17) is 5.14 Å².